The third-order valence-electron chi connectivity index (χ3n) is 4.18. The van der Waals surface area contributed by atoms with Crippen LogP contribution >= 0.6 is 0 Å². The van der Waals surface area contributed by atoms with Gasteiger partial charge in [-0.2, -0.15) is 0 Å². The maximum absolute atomic E-state index is 9.62. The zero-order valence-corrected chi connectivity index (χ0v) is 11.9. The van der Waals surface area contributed by atoms with E-state index < -0.39 is 0 Å². The van der Waals surface area contributed by atoms with Crippen LogP contribution in [0.3, 0.4) is 0 Å². The molecule has 1 saturated carbocycles. The maximum atomic E-state index is 9.62. The third kappa shape index (κ3) is 2.97. The molecule has 0 amide bonds. The number of anilines is 2. The van der Waals surface area contributed by atoms with Crippen molar-refractivity contribution < 1.29 is 5.11 Å². The largest absolute Gasteiger partial charge is 0.396 e. The Morgan fingerprint density at radius 1 is 1.32 bits per heavy atom. The van der Waals surface area contributed by atoms with Gasteiger partial charge < -0.3 is 16.2 Å². The second-order valence-corrected chi connectivity index (χ2v) is 5.57. The molecule has 1 fully saturated rings. The molecule has 0 aliphatic heterocycles. The summed E-state index contributed by atoms with van der Waals surface area (Å²) in [4.78, 5) is 8.74. The quantitative estimate of drug-likeness (QED) is 0.756. The predicted molar refractivity (Wildman–Crippen MR) is 77.0 cm³/mol. The molecule has 1 aromatic heterocycles. The lowest BCUT2D eigenvalue weighted by atomic mass is 9.87. The van der Waals surface area contributed by atoms with E-state index in [1.165, 1.54) is 12.8 Å². The third-order valence-corrected chi connectivity index (χ3v) is 4.18. The molecule has 1 heterocycles. The standard InChI is InChI=1S/C14H24N4O/c1-3-11-17-12(15)10(2)13(18-11)16-8-14(9-19)6-4-5-7-14/h19H,3-9H2,1-2H3,(H3,15,16,17,18). The number of rotatable bonds is 5. The first-order valence-electron chi connectivity index (χ1n) is 7.08. The van der Waals surface area contributed by atoms with E-state index in [0.717, 1.165) is 43.0 Å². The van der Waals surface area contributed by atoms with Crippen LogP contribution in [-0.2, 0) is 6.42 Å². The molecule has 0 bridgehead atoms. The summed E-state index contributed by atoms with van der Waals surface area (Å²) in [5, 5.41) is 13.0. The normalized spacial score (nSPS) is 17.6. The van der Waals surface area contributed by atoms with Gasteiger partial charge in [0.2, 0.25) is 0 Å². The number of nitrogens with one attached hydrogen (secondary N) is 1. The Kier molecular flexibility index (Phi) is 4.24. The van der Waals surface area contributed by atoms with Crippen molar-refractivity contribution in [3.8, 4) is 0 Å². The van der Waals surface area contributed by atoms with E-state index in [9.17, 15) is 5.11 Å². The Labute approximate surface area is 114 Å². The molecule has 0 atom stereocenters. The summed E-state index contributed by atoms with van der Waals surface area (Å²) in [7, 11) is 0. The molecule has 2 rings (SSSR count). The average molecular weight is 264 g/mol. The molecule has 5 heteroatoms. The number of aliphatic hydroxyl groups is 1. The minimum absolute atomic E-state index is 0.0124. The molecule has 0 aromatic carbocycles. The Morgan fingerprint density at radius 3 is 2.58 bits per heavy atom. The zero-order valence-electron chi connectivity index (χ0n) is 11.9. The monoisotopic (exact) mass is 264 g/mol. The van der Waals surface area contributed by atoms with Crippen molar-refractivity contribution in [3.63, 3.8) is 0 Å². The number of aliphatic hydroxyl groups excluding tert-OH is 1. The fourth-order valence-electron chi connectivity index (χ4n) is 2.70. The smallest absolute Gasteiger partial charge is 0.134 e. The molecule has 0 unspecified atom stereocenters. The molecule has 0 saturated heterocycles. The van der Waals surface area contributed by atoms with Gasteiger partial charge in [-0.25, -0.2) is 9.97 Å². The van der Waals surface area contributed by atoms with E-state index in [-0.39, 0.29) is 12.0 Å². The van der Waals surface area contributed by atoms with Crippen LogP contribution in [0.1, 0.15) is 44.0 Å². The summed E-state index contributed by atoms with van der Waals surface area (Å²) in [5.41, 5.74) is 6.81. The molecular formula is C14H24N4O. The van der Waals surface area contributed by atoms with Crippen LogP contribution in [0.4, 0.5) is 11.6 Å². The van der Waals surface area contributed by atoms with Crippen molar-refractivity contribution >= 4 is 11.6 Å². The Morgan fingerprint density at radius 2 is 2.00 bits per heavy atom. The summed E-state index contributed by atoms with van der Waals surface area (Å²) < 4.78 is 0. The molecule has 1 aromatic rings. The number of hydrogen-bond acceptors (Lipinski definition) is 5. The molecule has 1 aliphatic carbocycles. The second kappa shape index (κ2) is 5.74. The van der Waals surface area contributed by atoms with Crippen LogP contribution in [0.25, 0.3) is 0 Å². The number of hydrogen-bond donors (Lipinski definition) is 3. The molecule has 106 valence electrons. The fraction of sp³-hybridized carbons (Fsp3) is 0.714. The minimum atomic E-state index is 0.0124. The highest BCUT2D eigenvalue weighted by Gasteiger charge is 2.33. The van der Waals surface area contributed by atoms with E-state index >= 15 is 0 Å². The number of nitrogens with zero attached hydrogens (tertiary/aromatic N) is 2. The number of aromatic nitrogens is 2. The number of nitrogen functional groups attached to an aromatic ring is 1. The molecule has 19 heavy (non-hydrogen) atoms. The Hall–Kier alpha value is -1.36. The summed E-state index contributed by atoms with van der Waals surface area (Å²) in [6.07, 6.45) is 5.33. The van der Waals surface area contributed by atoms with Gasteiger partial charge in [-0.15, -0.1) is 0 Å². The highest BCUT2D eigenvalue weighted by Crippen LogP contribution is 2.37. The van der Waals surface area contributed by atoms with Crippen molar-refractivity contribution in [1.29, 1.82) is 0 Å². The molecule has 0 radical (unpaired) electrons. The minimum Gasteiger partial charge on any atom is -0.396 e. The molecule has 1 aliphatic rings. The molecule has 4 N–H and O–H groups in total. The molecular weight excluding hydrogens is 240 g/mol. The first-order chi connectivity index (χ1) is 9.10. The van der Waals surface area contributed by atoms with Crippen LogP contribution in [0.15, 0.2) is 0 Å². The molecule has 5 nitrogen and oxygen atoms in total. The van der Waals surface area contributed by atoms with Crippen molar-refractivity contribution in [3.05, 3.63) is 11.4 Å². The van der Waals surface area contributed by atoms with Crippen molar-refractivity contribution in [2.45, 2.75) is 46.0 Å². The van der Waals surface area contributed by atoms with E-state index in [1.807, 2.05) is 13.8 Å². The van der Waals surface area contributed by atoms with Gasteiger partial charge >= 0.3 is 0 Å². The number of nitrogens with two attached hydrogens (primary N) is 1. The van der Waals surface area contributed by atoms with Gasteiger partial charge in [-0.3, -0.25) is 0 Å². The summed E-state index contributed by atoms with van der Waals surface area (Å²) in [6.45, 7) is 4.93. The van der Waals surface area contributed by atoms with Crippen LogP contribution in [0.2, 0.25) is 0 Å². The fourth-order valence-corrected chi connectivity index (χ4v) is 2.70. The Balaban J connectivity index is 2.12. The van der Waals surface area contributed by atoms with Gasteiger partial charge in [-0.1, -0.05) is 19.8 Å². The SMILES string of the molecule is CCc1nc(N)c(C)c(NCC2(CO)CCCC2)n1. The van der Waals surface area contributed by atoms with Gasteiger partial charge in [0.05, 0.1) is 6.61 Å². The summed E-state index contributed by atoms with van der Waals surface area (Å²) in [6, 6.07) is 0. The van der Waals surface area contributed by atoms with Crippen molar-refractivity contribution in [1.82, 2.24) is 9.97 Å². The van der Waals surface area contributed by atoms with Gasteiger partial charge in [0.25, 0.3) is 0 Å². The lowest BCUT2D eigenvalue weighted by Gasteiger charge is -2.27. The van der Waals surface area contributed by atoms with Crippen LogP contribution in [0, 0.1) is 12.3 Å². The number of aryl methyl sites for hydroxylation is 1. The highest BCUT2D eigenvalue weighted by atomic mass is 16.3. The topological polar surface area (TPSA) is 84.1 Å². The van der Waals surface area contributed by atoms with Crippen molar-refractivity contribution in [2.75, 3.05) is 24.2 Å². The van der Waals surface area contributed by atoms with Crippen LogP contribution in [-0.4, -0.2) is 28.2 Å². The highest BCUT2D eigenvalue weighted by molar-refractivity contribution is 5.54. The summed E-state index contributed by atoms with van der Waals surface area (Å²) in [5.74, 6) is 2.11. The van der Waals surface area contributed by atoms with E-state index in [2.05, 4.69) is 15.3 Å². The molecule has 0 spiro atoms. The first kappa shape index (κ1) is 14.1. The van der Waals surface area contributed by atoms with Crippen LogP contribution < -0.4 is 11.1 Å². The van der Waals surface area contributed by atoms with Gasteiger partial charge in [0.15, 0.2) is 0 Å². The second-order valence-electron chi connectivity index (χ2n) is 5.57. The summed E-state index contributed by atoms with van der Waals surface area (Å²) >= 11 is 0. The zero-order chi connectivity index (χ0) is 13.9. The average Bonchev–Trinajstić information content (AvgIpc) is 2.89. The Bertz CT molecular complexity index is 441. The first-order valence-corrected chi connectivity index (χ1v) is 7.08. The van der Waals surface area contributed by atoms with E-state index in [1.54, 1.807) is 0 Å². The maximum Gasteiger partial charge on any atom is 0.134 e. The van der Waals surface area contributed by atoms with Gasteiger partial charge in [0, 0.05) is 23.9 Å². The predicted octanol–water partition coefficient (Wildman–Crippen LogP) is 1.89. The van der Waals surface area contributed by atoms with Crippen LogP contribution in [0.5, 0.6) is 0 Å². The lowest BCUT2D eigenvalue weighted by molar-refractivity contribution is 0.142. The van der Waals surface area contributed by atoms with Gasteiger partial charge in [-0.05, 0) is 19.8 Å². The van der Waals surface area contributed by atoms with E-state index in [0.29, 0.717) is 5.82 Å². The van der Waals surface area contributed by atoms with Crippen molar-refractivity contribution in [2.24, 2.45) is 5.41 Å². The lowest BCUT2D eigenvalue weighted by Crippen LogP contribution is -2.31. The van der Waals surface area contributed by atoms with E-state index in [4.69, 9.17) is 5.73 Å². The van der Waals surface area contributed by atoms with Gasteiger partial charge in [0.1, 0.15) is 17.5 Å².